The molecular formula is C15H21F3N4O. The summed E-state index contributed by atoms with van der Waals surface area (Å²) in [6.45, 7) is 1.32. The molecule has 1 unspecified atom stereocenters. The zero-order chi connectivity index (χ0) is 16.7. The normalized spacial score (nSPS) is 17.7. The largest absolute Gasteiger partial charge is 0.405 e. The lowest BCUT2D eigenvalue weighted by atomic mass is 10.1. The van der Waals surface area contributed by atoms with E-state index in [1.807, 2.05) is 0 Å². The SMILES string of the molecule is O=C(CCc1ccncc1)NCC(N1CCNCC1)C(F)(F)F. The van der Waals surface area contributed by atoms with Gasteiger partial charge in [0, 0.05) is 51.5 Å². The van der Waals surface area contributed by atoms with Gasteiger partial charge in [0.15, 0.2) is 0 Å². The summed E-state index contributed by atoms with van der Waals surface area (Å²) in [7, 11) is 0. The van der Waals surface area contributed by atoms with Crippen molar-refractivity contribution in [3.63, 3.8) is 0 Å². The molecule has 2 heterocycles. The fourth-order valence-corrected chi connectivity index (χ4v) is 2.55. The Hall–Kier alpha value is -1.67. The second-order valence-electron chi connectivity index (χ2n) is 5.50. The van der Waals surface area contributed by atoms with Gasteiger partial charge in [-0.15, -0.1) is 0 Å². The van der Waals surface area contributed by atoms with Crippen molar-refractivity contribution in [1.29, 1.82) is 0 Å². The smallest absolute Gasteiger partial charge is 0.354 e. The molecule has 0 aliphatic carbocycles. The predicted octanol–water partition coefficient (Wildman–Crippen LogP) is 0.966. The van der Waals surface area contributed by atoms with E-state index in [4.69, 9.17) is 0 Å². The number of halogens is 3. The third-order valence-corrected chi connectivity index (χ3v) is 3.85. The number of aromatic nitrogens is 1. The number of amides is 1. The summed E-state index contributed by atoms with van der Waals surface area (Å²) < 4.78 is 39.6. The molecule has 0 aromatic carbocycles. The zero-order valence-corrected chi connectivity index (χ0v) is 12.8. The van der Waals surface area contributed by atoms with Crippen LogP contribution in [0.5, 0.6) is 0 Å². The Morgan fingerprint density at radius 1 is 1.30 bits per heavy atom. The van der Waals surface area contributed by atoms with Crippen LogP contribution in [0, 0.1) is 0 Å². The van der Waals surface area contributed by atoms with Crippen LogP contribution in [0.1, 0.15) is 12.0 Å². The first-order chi connectivity index (χ1) is 11.0. The van der Waals surface area contributed by atoms with Crippen LogP contribution in [-0.2, 0) is 11.2 Å². The van der Waals surface area contributed by atoms with Gasteiger partial charge in [0.2, 0.25) is 5.91 Å². The van der Waals surface area contributed by atoms with Gasteiger partial charge in [-0.2, -0.15) is 13.2 Å². The van der Waals surface area contributed by atoms with E-state index in [9.17, 15) is 18.0 Å². The highest BCUT2D eigenvalue weighted by Gasteiger charge is 2.43. The summed E-state index contributed by atoms with van der Waals surface area (Å²) in [6.07, 6.45) is -0.459. The number of hydrogen-bond donors (Lipinski definition) is 2. The fourth-order valence-electron chi connectivity index (χ4n) is 2.55. The number of piperazine rings is 1. The zero-order valence-electron chi connectivity index (χ0n) is 12.8. The van der Waals surface area contributed by atoms with Gasteiger partial charge in [0.1, 0.15) is 6.04 Å². The number of hydrogen-bond acceptors (Lipinski definition) is 4. The van der Waals surface area contributed by atoms with Gasteiger partial charge in [-0.05, 0) is 24.1 Å². The Bertz CT molecular complexity index is 489. The van der Waals surface area contributed by atoms with E-state index in [2.05, 4.69) is 15.6 Å². The van der Waals surface area contributed by atoms with Crippen molar-refractivity contribution >= 4 is 5.91 Å². The average molecular weight is 330 g/mol. The molecule has 1 saturated heterocycles. The summed E-state index contributed by atoms with van der Waals surface area (Å²) >= 11 is 0. The molecule has 1 amide bonds. The van der Waals surface area contributed by atoms with Gasteiger partial charge < -0.3 is 10.6 Å². The fraction of sp³-hybridized carbons (Fsp3) is 0.600. The van der Waals surface area contributed by atoms with Crippen molar-refractivity contribution < 1.29 is 18.0 Å². The van der Waals surface area contributed by atoms with Gasteiger partial charge in [-0.25, -0.2) is 0 Å². The third kappa shape index (κ3) is 5.80. The molecule has 0 spiro atoms. The Labute approximate surface area is 133 Å². The summed E-state index contributed by atoms with van der Waals surface area (Å²) in [5, 5.41) is 5.44. The van der Waals surface area contributed by atoms with E-state index in [1.54, 1.807) is 24.5 Å². The number of nitrogens with one attached hydrogen (secondary N) is 2. The summed E-state index contributed by atoms with van der Waals surface area (Å²) in [5.74, 6) is -0.369. The Kier molecular flexibility index (Phi) is 6.35. The van der Waals surface area contributed by atoms with Crippen LogP contribution < -0.4 is 10.6 Å². The van der Waals surface area contributed by atoms with Crippen molar-refractivity contribution in [2.45, 2.75) is 25.1 Å². The van der Waals surface area contributed by atoms with Crippen LogP contribution in [0.4, 0.5) is 13.2 Å². The van der Waals surface area contributed by atoms with E-state index in [0.717, 1.165) is 5.56 Å². The predicted molar refractivity (Wildman–Crippen MR) is 79.9 cm³/mol. The maximum Gasteiger partial charge on any atom is 0.405 e. The van der Waals surface area contributed by atoms with E-state index >= 15 is 0 Å². The minimum Gasteiger partial charge on any atom is -0.354 e. The first-order valence-corrected chi connectivity index (χ1v) is 7.64. The second-order valence-corrected chi connectivity index (χ2v) is 5.50. The van der Waals surface area contributed by atoms with E-state index in [-0.39, 0.29) is 12.3 Å². The highest BCUT2D eigenvalue weighted by Crippen LogP contribution is 2.24. The molecule has 1 fully saturated rings. The molecule has 5 nitrogen and oxygen atoms in total. The molecule has 1 atom stereocenters. The minimum absolute atomic E-state index is 0.163. The van der Waals surface area contributed by atoms with Crippen molar-refractivity contribution in [3.8, 4) is 0 Å². The molecule has 1 aliphatic rings. The molecule has 2 N–H and O–H groups in total. The molecule has 0 saturated carbocycles. The molecule has 23 heavy (non-hydrogen) atoms. The topological polar surface area (TPSA) is 57.3 Å². The van der Waals surface area contributed by atoms with Gasteiger partial charge in [-0.3, -0.25) is 14.7 Å². The lowest BCUT2D eigenvalue weighted by molar-refractivity contribution is -0.184. The molecule has 8 heteroatoms. The monoisotopic (exact) mass is 330 g/mol. The van der Waals surface area contributed by atoms with Crippen molar-refractivity contribution in [2.24, 2.45) is 0 Å². The molecule has 2 rings (SSSR count). The number of carbonyl (C=O) groups is 1. The van der Waals surface area contributed by atoms with Crippen LogP contribution in [0.2, 0.25) is 0 Å². The lowest BCUT2D eigenvalue weighted by Crippen LogP contribution is -2.57. The molecule has 0 radical (unpaired) electrons. The first kappa shape index (κ1) is 17.7. The molecular weight excluding hydrogens is 309 g/mol. The molecule has 1 aliphatic heterocycles. The Balaban J connectivity index is 1.81. The number of nitrogens with zero attached hydrogens (tertiary/aromatic N) is 2. The highest BCUT2D eigenvalue weighted by molar-refractivity contribution is 5.76. The maximum atomic E-state index is 13.2. The number of carbonyl (C=O) groups excluding carboxylic acids is 1. The minimum atomic E-state index is -4.35. The Morgan fingerprint density at radius 2 is 1.96 bits per heavy atom. The first-order valence-electron chi connectivity index (χ1n) is 7.64. The Morgan fingerprint density at radius 3 is 2.57 bits per heavy atom. The standard InChI is InChI=1S/C15H21F3N4O/c16-15(17,18)13(22-9-7-20-8-10-22)11-21-14(23)2-1-12-3-5-19-6-4-12/h3-6,13,20H,1-2,7-11H2,(H,21,23). The number of aryl methyl sites for hydroxylation is 1. The number of pyridine rings is 1. The van der Waals surface area contributed by atoms with E-state index in [0.29, 0.717) is 32.6 Å². The van der Waals surface area contributed by atoms with Gasteiger partial charge in [0.05, 0.1) is 0 Å². The highest BCUT2D eigenvalue weighted by atomic mass is 19.4. The van der Waals surface area contributed by atoms with Gasteiger partial charge in [-0.1, -0.05) is 0 Å². The van der Waals surface area contributed by atoms with Crippen molar-refractivity contribution in [2.75, 3.05) is 32.7 Å². The summed E-state index contributed by atoms with van der Waals surface area (Å²) in [5.41, 5.74) is 0.935. The van der Waals surface area contributed by atoms with E-state index in [1.165, 1.54) is 4.90 Å². The van der Waals surface area contributed by atoms with Crippen molar-refractivity contribution in [1.82, 2.24) is 20.5 Å². The second kappa shape index (κ2) is 8.26. The maximum absolute atomic E-state index is 13.2. The molecule has 1 aromatic heterocycles. The van der Waals surface area contributed by atoms with Gasteiger partial charge in [0.25, 0.3) is 0 Å². The van der Waals surface area contributed by atoms with Gasteiger partial charge >= 0.3 is 6.18 Å². The molecule has 0 bridgehead atoms. The lowest BCUT2D eigenvalue weighted by Gasteiger charge is -2.35. The van der Waals surface area contributed by atoms with Crippen LogP contribution >= 0.6 is 0 Å². The van der Waals surface area contributed by atoms with Crippen LogP contribution in [0.15, 0.2) is 24.5 Å². The van der Waals surface area contributed by atoms with Crippen molar-refractivity contribution in [3.05, 3.63) is 30.1 Å². The average Bonchev–Trinajstić information content (AvgIpc) is 2.54. The molecule has 128 valence electrons. The van der Waals surface area contributed by atoms with Crippen LogP contribution in [-0.4, -0.2) is 60.7 Å². The van der Waals surface area contributed by atoms with E-state index < -0.39 is 18.8 Å². The van der Waals surface area contributed by atoms with Crippen LogP contribution in [0.3, 0.4) is 0 Å². The third-order valence-electron chi connectivity index (χ3n) is 3.85. The summed E-state index contributed by atoms with van der Waals surface area (Å²) in [6, 6.07) is 1.94. The number of alkyl halides is 3. The summed E-state index contributed by atoms with van der Waals surface area (Å²) in [4.78, 5) is 17.1. The molecule has 1 aromatic rings. The van der Waals surface area contributed by atoms with Crippen LogP contribution in [0.25, 0.3) is 0 Å². The number of rotatable bonds is 6. The quantitative estimate of drug-likeness (QED) is 0.816.